The summed E-state index contributed by atoms with van der Waals surface area (Å²) in [6, 6.07) is 30.5. The Labute approximate surface area is 254 Å². The van der Waals surface area contributed by atoms with E-state index in [0.29, 0.717) is 45.1 Å². The van der Waals surface area contributed by atoms with Crippen LogP contribution in [0.2, 0.25) is 0 Å². The second-order valence-corrected chi connectivity index (χ2v) is 12.1. The number of rotatable bonds is 12. The third kappa shape index (κ3) is 9.15. The van der Waals surface area contributed by atoms with Crippen LogP contribution in [0.1, 0.15) is 55.7 Å². The lowest BCUT2D eigenvalue weighted by atomic mass is 9.80. The molecule has 4 atom stereocenters. The van der Waals surface area contributed by atoms with Gasteiger partial charge in [0.1, 0.15) is 12.2 Å². The molecule has 43 heavy (non-hydrogen) atoms. The number of benzene rings is 3. The Kier molecular flexibility index (Phi) is 11.3. The van der Waals surface area contributed by atoms with E-state index in [4.69, 9.17) is 14.2 Å². The highest BCUT2D eigenvalue weighted by atomic mass is 19.4. The van der Waals surface area contributed by atoms with Crippen molar-refractivity contribution in [2.45, 2.75) is 89.4 Å². The minimum atomic E-state index is -4.08. The Bertz CT molecular complexity index is 1200. The molecule has 0 amide bonds. The van der Waals surface area contributed by atoms with Crippen LogP contribution in [0.15, 0.2) is 91.0 Å². The molecule has 232 valence electrons. The molecule has 2 aliphatic rings. The van der Waals surface area contributed by atoms with Gasteiger partial charge in [-0.25, -0.2) is 0 Å². The van der Waals surface area contributed by atoms with Crippen LogP contribution in [-0.4, -0.2) is 48.5 Å². The molecular formula is C36H44F3NO3. The Morgan fingerprint density at radius 2 is 1.12 bits per heavy atom. The van der Waals surface area contributed by atoms with Crippen LogP contribution in [-0.2, 0) is 34.0 Å². The molecule has 1 saturated carbocycles. The zero-order valence-electron chi connectivity index (χ0n) is 25.0. The maximum absolute atomic E-state index is 13.2. The average molecular weight is 596 g/mol. The van der Waals surface area contributed by atoms with Gasteiger partial charge in [-0.3, -0.25) is 4.90 Å². The molecule has 3 aromatic carbocycles. The summed E-state index contributed by atoms with van der Waals surface area (Å²) in [5, 5.41) is 0. The summed E-state index contributed by atoms with van der Waals surface area (Å²) >= 11 is 0. The van der Waals surface area contributed by atoms with Gasteiger partial charge in [-0.15, -0.1) is 0 Å². The molecule has 1 heterocycles. The molecule has 7 heteroatoms. The van der Waals surface area contributed by atoms with Crippen molar-refractivity contribution in [3.63, 3.8) is 0 Å². The zero-order chi connectivity index (χ0) is 30.1. The fourth-order valence-electron chi connectivity index (χ4n) is 6.51. The van der Waals surface area contributed by atoms with Crippen molar-refractivity contribution in [2.75, 3.05) is 13.1 Å². The van der Waals surface area contributed by atoms with Crippen molar-refractivity contribution in [1.82, 2.24) is 4.90 Å². The molecule has 0 N–H and O–H groups in total. The van der Waals surface area contributed by atoms with Crippen LogP contribution in [0.4, 0.5) is 13.2 Å². The van der Waals surface area contributed by atoms with Crippen LogP contribution in [0.25, 0.3) is 0 Å². The number of nitrogens with zero attached hydrogens (tertiary/aromatic N) is 1. The summed E-state index contributed by atoms with van der Waals surface area (Å²) in [4.78, 5) is 2.41. The molecular weight excluding hydrogens is 551 g/mol. The Morgan fingerprint density at radius 3 is 1.60 bits per heavy atom. The van der Waals surface area contributed by atoms with Gasteiger partial charge in [0, 0.05) is 12.6 Å². The average Bonchev–Trinajstić information content (AvgIpc) is 3.03. The monoisotopic (exact) mass is 595 g/mol. The second kappa shape index (κ2) is 15.3. The van der Waals surface area contributed by atoms with E-state index in [0.717, 1.165) is 29.7 Å². The fraction of sp³-hybridized carbons (Fsp3) is 0.500. The Hall–Kier alpha value is -2.71. The first kappa shape index (κ1) is 31.7. The molecule has 0 unspecified atom stereocenters. The predicted octanol–water partition coefficient (Wildman–Crippen LogP) is 8.21. The van der Waals surface area contributed by atoms with Crippen LogP contribution in [0.3, 0.4) is 0 Å². The first-order valence-corrected chi connectivity index (χ1v) is 15.6. The lowest BCUT2D eigenvalue weighted by Crippen LogP contribution is -2.62. The second-order valence-electron chi connectivity index (χ2n) is 12.1. The van der Waals surface area contributed by atoms with Crippen molar-refractivity contribution in [1.29, 1.82) is 0 Å². The first-order valence-electron chi connectivity index (χ1n) is 15.6. The van der Waals surface area contributed by atoms with Crippen LogP contribution in [0.5, 0.6) is 0 Å². The standard InChI is InChI=1S/C36H44F3NO3/c1-27-34(42-25-30-13-7-3-8-14-30)35(43-26-31-15-9-4-10-16-31)33(41-24-29-11-5-2-6-12-29)23-40(27)22-21-28-17-19-32(20-18-28)36(37,38)39/h2-16,27-28,32-35H,17-26H2,1H3/t27-,28?,32?,33+,34-,35-/m1/s1. The van der Waals surface area contributed by atoms with Crippen LogP contribution >= 0.6 is 0 Å². The van der Waals surface area contributed by atoms with E-state index < -0.39 is 12.1 Å². The van der Waals surface area contributed by atoms with Gasteiger partial charge in [-0.1, -0.05) is 91.0 Å². The number of piperidine rings is 1. The summed E-state index contributed by atoms with van der Waals surface area (Å²) < 4.78 is 59.6. The molecule has 0 spiro atoms. The largest absolute Gasteiger partial charge is 0.391 e. The summed E-state index contributed by atoms with van der Waals surface area (Å²) in [5.74, 6) is -0.836. The summed E-state index contributed by atoms with van der Waals surface area (Å²) in [6.07, 6.45) is -2.22. The quantitative estimate of drug-likeness (QED) is 0.211. The molecule has 2 fully saturated rings. The van der Waals surface area contributed by atoms with E-state index >= 15 is 0 Å². The topological polar surface area (TPSA) is 30.9 Å². The fourth-order valence-corrected chi connectivity index (χ4v) is 6.51. The van der Waals surface area contributed by atoms with Gasteiger partial charge in [0.05, 0.1) is 31.8 Å². The van der Waals surface area contributed by atoms with E-state index in [1.165, 1.54) is 0 Å². The molecule has 3 aromatic rings. The van der Waals surface area contributed by atoms with Crippen molar-refractivity contribution >= 4 is 0 Å². The highest BCUT2D eigenvalue weighted by Crippen LogP contribution is 2.40. The summed E-state index contributed by atoms with van der Waals surface area (Å²) in [7, 11) is 0. The molecule has 4 nitrogen and oxygen atoms in total. The van der Waals surface area contributed by atoms with E-state index in [9.17, 15) is 13.2 Å². The molecule has 0 bridgehead atoms. The highest BCUT2D eigenvalue weighted by molar-refractivity contribution is 5.16. The third-order valence-corrected chi connectivity index (χ3v) is 9.17. The van der Waals surface area contributed by atoms with Crippen molar-refractivity contribution in [3.05, 3.63) is 108 Å². The predicted molar refractivity (Wildman–Crippen MR) is 162 cm³/mol. The minimum Gasteiger partial charge on any atom is -0.369 e. The molecule has 1 saturated heterocycles. The van der Waals surface area contributed by atoms with Crippen molar-refractivity contribution in [3.8, 4) is 0 Å². The lowest BCUT2D eigenvalue weighted by Gasteiger charge is -2.48. The van der Waals surface area contributed by atoms with Gasteiger partial charge in [0.15, 0.2) is 0 Å². The Morgan fingerprint density at radius 1 is 0.651 bits per heavy atom. The van der Waals surface area contributed by atoms with E-state index in [2.05, 4.69) is 48.2 Å². The SMILES string of the molecule is C[C@@H]1[C@@H](OCc2ccccc2)[C@H](OCc2ccccc2)[C@@H](OCc2ccccc2)CN1CCC1CCC(C(F)(F)F)CC1. The number of ether oxygens (including phenoxy) is 3. The number of likely N-dealkylation sites (tertiary alicyclic amines) is 1. The number of hydrogen-bond acceptors (Lipinski definition) is 4. The van der Waals surface area contributed by atoms with Gasteiger partial charge in [0.2, 0.25) is 0 Å². The maximum Gasteiger partial charge on any atom is 0.391 e. The normalized spacial score (nSPS) is 26.8. The first-order chi connectivity index (χ1) is 20.9. The third-order valence-electron chi connectivity index (χ3n) is 9.17. The number of halogens is 3. The number of hydrogen-bond donors (Lipinski definition) is 0. The minimum absolute atomic E-state index is 0.0487. The molecule has 1 aliphatic heterocycles. The molecule has 5 rings (SSSR count). The van der Waals surface area contributed by atoms with Gasteiger partial charge in [-0.2, -0.15) is 13.2 Å². The maximum atomic E-state index is 13.2. The number of alkyl halides is 3. The molecule has 0 radical (unpaired) electrons. The lowest BCUT2D eigenvalue weighted by molar-refractivity contribution is -0.201. The summed E-state index contributed by atoms with van der Waals surface area (Å²) in [6.45, 7) is 5.04. The van der Waals surface area contributed by atoms with Gasteiger partial charge in [-0.05, 0) is 68.2 Å². The van der Waals surface area contributed by atoms with Gasteiger partial charge < -0.3 is 14.2 Å². The van der Waals surface area contributed by atoms with Gasteiger partial charge >= 0.3 is 6.18 Å². The summed E-state index contributed by atoms with van der Waals surface area (Å²) in [5.41, 5.74) is 3.28. The highest BCUT2D eigenvalue weighted by Gasteiger charge is 2.45. The van der Waals surface area contributed by atoms with Crippen molar-refractivity contribution in [2.24, 2.45) is 11.8 Å². The van der Waals surface area contributed by atoms with Gasteiger partial charge in [0.25, 0.3) is 0 Å². The van der Waals surface area contributed by atoms with E-state index in [-0.39, 0.29) is 37.2 Å². The van der Waals surface area contributed by atoms with E-state index in [1.807, 2.05) is 54.6 Å². The van der Waals surface area contributed by atoms with E-state index in [1.54, 1.807) is 0 Å². The molecule has 1 aliphatic carbocycles. The molecule has 0 aromatic heterocycles. The smallest absolute Gasteiger partial charge is 0.369 e. The van der Waals surface area contributed by atoms with Crippen LogP contribution in [0, 0.1) is 11.8 Å². The zero-order valence-corrected chi connectivity index (χ0v) is 25.0. The van der Waals surface area contributed by atoms with Crippen molar-refractivity contribution < 1.29 is 27.4 Å². The van der Waals surface area contributed by atoms with Crippen LogP contribution < -0.4 is 0 Å². The Balaban J connectivity index is 1.31.